The molecule has 9 heteroatoms. The molecule has 1 aromatic carbocycles. The van der Waals surface area contributed by atoms with E-state index in [-0.39, 0.29) is 5.91 Å². The summed E-state index contributed by atoms with van der Waals surface area (Å²) in [5.74, 6) is -0.379. The van der Waals surface area contributed by atoms with Gasteiger partial charge in [-0.15, -0.1) is 11.3 Å². The largest absolute Gasteiger partial charge is 0.380 e. The second-order valence-corrected chi connectivity index (χ2v) is 9.60. The Kier molecular flexibility index (Phi) is 5.95. The highest BCUT2D eigenvalue weighted by Crippen LogP contribution is 2.30. The summed E-state index contributed by atoms with van der Waals surface area (Å²) in [4.78, 5) is 25.2. The van der Waals surface area contributed by atoms with Crippen LogP contribution in [-0.2, 0) is 22.6 Å². The van der Waals surface area contributed by atoms with Gasteiger partial charge in [-0.2, -0.15) is 5.10 Å². The summed E-state index contributed by atoms with van der Waals surface area (Å²) in [6.07, 6.45) is 2.02. The molecule has 1 aliphatic heterocycles. The molecule has 5 rings (SSSR count). The van der Waals surface area contributed by atoms with Crippen LogP contribution in [0.25, 0.3) is 10.2 Å². The summed E-state index contributed by atoms with van der Waals surface area (Å²) in [5, 5.41) is 4.72. The SMILES string of the molecule is CCOCC(C(=O)N1Cc2cn(Sc3ccc4ncsc4c3)nc2C1)c1cccc(C)n1. The van der Waals surface area contributed by atoms with E-state index in [9.17, 15) is 4.79 Å². The Balaban J connectivity index is 1.29. The van der Waals surface area contributed by atoms with E-state index in [4.69, 9.17) is 9.84 Å². The van der Waals surface area contributed by atoms with Crippen molar-refractivity contribution in [2.24, 2.45) is 0 Å². The van der Waals surface area contributed by atoms with Crippen LogP contribution in [0, 0.1) is 6.92 Å². The summed E-state index contributed by atoms with van der Waals surface area (Å²) in [7, 11) is 0. The predicted octanol–water partition coefficient (Wildman–Crippen LogP) is 4.41. The molecule has 0 radical (unpaired) electrons. The molecule has 0 N–H and O–H groups in total. The van der Waals surface area contributed by atoms with E-state index in [2.05, 4.69) is 22.1 Å². The summed E-state index contributed by atoms with van der Waals surface area (Å²) >= 11 is 3.20. The fourth-order valence-corrected chi connectivity index (χ4v) is 5.45. The first-order valence-corrected chi connectivity index (χ1v) is 12.1. The van der Waals surface area contributed by atoms with Crippen molar-refractivity contribution in [3.05, 3.63) is 70.8 Å². The molecule has 0 bridgehead atoms. The third-order valence-electron chi connectivity index (χ3n) is 5.43. The zero-order chi connectivity index (χ0) is 22.1. The van der Waals surface area contributed by atoms with Crippen LogP contribution in [0.15, 0.2) is 53.0 Å². The van der Waals surface area contributed by atoms with Crippen LogP contribution < -0.4 is 0 Å². The fraction of sp³-hybridized carbons (Fsp3) is 0.304. The fourth-order valence-electron chi connectivity index (χ4n) is 3.83. The van der Waals surface area contributed by atoms with Gasteiger partial charge in [-0.3, -0.25) is 9.78 Å². The van der Waals surface area contributed by atoms with Crippen LogP contribution in [0.5, 0.6) is 0 Å². The molecule has 4 heterocycles. The van der Waals surface area contributed by atoms with Crippen LogP contribution in [0.3, 0.4) is 0 Å². The van der Waals surface area contributed by atoms with Crippen LogP contribution in [0.4, 0.5) is 0 Å². The third-order valence-corrected chi connectivity index (χ3v) is 7.06. The average Bonchev–Trinajstić information content (AvgIpc) is 3.48. The lowest BCUT2D eigenvalue weighted by molar-refractivity contribution is -0.135. The van der Waals surface area contributed by atoms with Gasteiger partial charge in [0.25, 0.3) is 0 Å². The number of hydrogen-bond acceptors (Lipinski definition) is 7. The van der Waals surface area contributed by atoms with Crippen LogP contribution >= 0.6 is 23.3 Å². The summed E-state index contributed by atoms with van der Waals surface area (Å²) in [6, 6.07) is 12.0. The molecule has 164 valence electrons. The van der Waals surface area contributed by atoms with Gasteiger partial charge in [0, 0.05) is 47.4 Å². The summed E-state index contributed by atoms with van der Waals surface area (Å²) < 4.78 is 8.67. The first-order chi connectivity index (χ1) is 15.6. The monoisotopic (exact) mass is 465 g/mol. The minimum Gasteiger partial charge on any atom is -0.380 e. The molecule has 1 amide bonds. The summed E-state index contributed by atoms with van der Waals surface area (Å²) in [5.41, 5.74) is 6.55. The Morgan fingerprint density at radius 1 is 1.28 bits per heavy atom. The number of hydrogen-bond donors (Lipinski definition) is 0. The molecule has 1 aliphatic rings. The van der Waals surface area contributed by atoms with Crippen LogP contribution in [0.1, 0.15) is 35.5 Å². The number of nitrogens with zero attached hydrogens (tertiary/aromatic N) is 5. The maximum absolute atomic E-state index is 13.4. The van der Waals surface area contributed by atoms with Crippen molar-refractivity contribution in [2.45, 2.75) is 37.8 Å². The van der Waals surface area contributed by atoms with Crippen molar-refractivity contribution in [1.29, 1.82) is 0 Å². The Bertz CT molecular complexity index is 1240. The van der Waals surface area contributed by atoms with Crippen molar-refractivity contribution in [1.82, 2.24) is 24.1 Å². The number of carbonyl (C=O) groups is 1. The van der Waals surface area contributed by atoms with Crippen LogP contribution in [-0.4, -0.2) is 43.2 Å². The van der Waals surface area contributed by atoms with Crippen molar-refractivity contribution in [3.63, 3.8) is 0 Å². The molecule has 0 aliphatic carbocycles. The van der Waals surface area contributed by atoms with Gasteiger partial charge in [0.2, 0.25) is 5.91 Å². The van der Waals surface area contributed by atoms with Crippen molar-refractivity contribution < 1.29 is 9.53 Å². The van der Waals surface area contributed by atoms with Gasteiger partial charge in [-0.05, 0) is 44.2 Å². The number of aromatic nitrogens is 4. The lowest BCUT2D eigenvalue weighted by Crippen LogP contribution is -2.34. The minimum atomic E-state index is -0.411. The van der Waals surface area contributed by atoms with Crippen LogP contribution in [0.2, 0.25) is 0 Å². The Hall–Kier alpha value is -2.75. The quantitative estimate of drug-likeness (QED) is 0.402. The number of pyridine rings is 1. The highest BCUT2D eigenvalue weighted by Gasteiger charge is 2.33. The number of rotatable bonds is 7. The predicted molar refractivity (Wildman–Crippen MR) is 126 cm³/mol. The zero-order valence-electron chi connectivity index (χ0n) is 17.9. The molecule has 0 saturated heterocycles. The Labute approximate surface area is 194 Å². The number of thiazole rings is 1. The van der Waals surface area contributed by atoms with Crippen molar-refractivity contribution in [3.8, 4) is 0 Å². The topological polar surface area (TPSA) is 73.1 Å². The maximum atomic E-state index is 13.4. The van der Waals surface area contributed by atoms with Gasteiger partial charge in [0.15, 0.2) is 0 Å². The van der Waals surface area contributed by atoms with Crippen molar-refractivity contribution >= 4 is 39.4 Å². The molecule has 3 aromatic heterocycles. The highest BCUT2D eigenvalue weighted by molar-refractivity contribution is 7.97. The first kappa shape index (κ1) is 21.1. The molecule has 0 spiro atoms. The lowest BCUT2D eigenvalue weighted by atomic mass is 10.0. The second kappa shape index (κ2) is 9.01. The van der Waals surface area contributed by atoms with Crippen molar-refractivity contribution in [2.75, 3.05) is 13.2 Å². The third kappa shape index (κ3) is 4.28. The zero-order valence-corrected chi connectivity index (χ0v) is 19.5. The molecule has 32 heavy (non-hydrogen) atoms. The van der Waals surface area contributed by atoms with E-state index in [1.54, 1.807) is 23.3 Å². The Morgan fingerprint density at radius 2 is 2.19 bits per heavy atom. The number of carbonyl (C=O) groups excluding carboxylic acids is 1. The van der Waals surface area contributed by atoms with E-state index in [1.165, 1.54) is 0 Å². The molecular formula is C23H23N5O2S2. The molecule has 7 nitrogen and oxygen atoms in total. The van der Waals surface area contributed by atoms with Gasteiger partial charge in [0.1, 0.15) is 5.92 Å². The number of ether oxygens (including phenoxy) is 1. The normalized spacial score (nSPS) is 14.1. The highest BCUT2D eigenvalue weighted by atomic mass is 32.2. The number of aryl methyl sites for hydroxylation is 1. The standard InChI is InChI=1S/C23H23N5O2S2/c1-3-30-13-18(19-6-4-5-15(2)25-19)23(29)27-10-16-11-28(26-21(16)12-27)32-17-7-8-20-22(9-17)31-14-24-20/h4-9,11,14,18H,3,10,12-13H2,1-2H3. The molecule has 0 saturated carbocycles. The number of benzene rings is 1. The van der Waals surface area contributed by atoms with Gasteiger partial charge >= 0.3 is 0 Å². The molecule has 4 aromatic rings. The molecule has 1 atom stereocenters. The molecular weight excluding hydrogens is 442 g/mol. The number of fused-ring (bicyclic) bond motifs is 2. The smallest absolute Gasteiger partial charge is 0.234 e. The van der Waals surface area contributed by atoms with E-state index in [0.29, 0.717) is 26.3 Å². The first-order valence-electron chi connectivity index (χ1n) is 10.5. The maximum Gasteiger partial charge on any atom is 0.234 e. The van der Waals surface area contributed by atoms with E-state index in [1.807, 2.05) is 58.8 Å². The van der Waals surface area contributed by atoms with E-state index < -0.39 is 5.92 Å². The number of amides is 1. The molecule has 1 unspecified atom stereocenters. The van der Waals surface area contributed by atoms with Gasteiger partial charge in [0.05, 0.1) is 40.3 Å². The van der Waals surface area contributed by atoms with Gasteiger partial charge in [-0.25, -0.2) is 9.07 Å². The summed E-state index contributed by atoms with van der Waals surface area (Å²) in [6.45, 7) is 5.82. The average molecular weight is 466 g/mol. The second-order valence-electron chi connectivity index (χ2n) is 7.69. The molecule has 0 fully saturated rings. The van der Waals surface area contributed by atoms with Gasteiger partial charge in [-0.1, -0.05) is 6.07 Å². The minimum absolute atomic E-state index is 0.0319. The van der Waals surface area contributed by atoms with Gasteiger partial charge < -0.3 is 9.64 Å². The lowest BCUT2D eigenvalue weighted by Gasteiger charge is -2.23. The Morgan fingerprint density at radius 3 is 3.00 bits per heavy atom. The van der Waals surface area contributed by atoms with E-state index in [0.717, 1.165) is 37.8 Å². The van der Waals surface area contributed by atoms with E-state index >= 15 is 0 Å².